The van der Waals surface area contributed by atoms with Gasteiger partial charge in [-0.3, -0.25) is 4.98 Å². The van der Waals surface area contributed by atoms with Crippen molar-refractivity contribution in [3.8, 4) is 22.5 Å². The van der Waals surface area contributed by atoms with Gasteiger partial charge in [-0.25, -0.2) is 0 Å². The summed E-state index contributed by atoms with van der Waals surface area (Å²) in [5.41, 5.74) is 9.09. The molecule has 21 heavy (non-hydrogen) atoms. The molecule has 0 spiro atoms. The molecule has 0 fully saturated rings. The van der Waals surface area contributed by atoms with Gasteiger partial charge in [-0.1, -0.05) is 34.4 Å². The van der Waals surface area contributed by atoms with E-state index < -0.39 is 0 Å². The normalized spacial score (nSPS) is 10.8. The molecule has 0 saturated carbocycles. The zero-order chi connectivity index (χ0) is 15.0. The molecule has 6 heteroatoms. The third-order valence-electron chi connectivity index (χ3n) is 3.18. The minimum Gasteiger partial charge on any atom is -0.380 e. The van der Waals surface area contributed by atoms with Crippen LogP contribution < -0.4 is 5.73 Å². The predicted octanol–water partition coefficient (Wildman–Crippen LogP) is 4.60. The van der Waals surface area contributed by atoms with Crippen molar-refractivity contribution in [2.45, 2.75) is 6.92 Å². The molecule has 3 aromatic rings. The number of nitrogens with two attached hydrogens (primary N) is 1. The number of aromatic nitrogens is 2. The number of rotatable bonds is 2. The van der Waals surface area contributed by atoms with Gasteiger partial charge < -0.3 is 10.3 Å². The number of pyridine rings is 1. The topological polar surface area (TPSA) is 64.9 Å². The second-order valence-electron chi connectivity index (χ2n) is 4.54. The van der Waals surface area contributed by atoms with Gasteiger partial charge in [0.05, 0.1) is 15.6 Å². The molecule has 106 valence electrons. The molecular formula is C15H11Cl2N3O. The largest absolute Gasteiger partial charge is 0.380 e. The van der Waals surface area contributed by atoms with Crippen LogP contribution in [0.2, 0.25) is 10.0 Å². The summed E-state index contributed by atoms with van der Waals surface area (Å²) in [6.45, 7) is 1.90. The van der Waals surface area contributed by atoms with E-state index in [0.717, 1.165) is 16.8 Å². The molecule has 0 aliphatic carbocycles. The molecule has 2 N–H and O–H groups in total. The van der Waals surface area contributed by atoms with Crippen molar-refractivity contribution in [3.05, 3.63) is 52.3 Å². The van der Waals surface area contributed by atoms with E-state index in [4.69, 9.17) is 33.5 Å². The molecule has 2 aromatic heterocycles. The molecule has 0 atom stereocenters. The molecule has 0 unspecified atom stereocenters. The van der Waals surface area contributed by atoms with Crippen LogP contribution in [0.1, 0.15) is 5.69 Å². The van der Waals surface area contributed by atoms with Crippen LogP contribution in [0.25, 0.3) is 22.5 Å². The Morgan fingerprint density at radius 1 is 1.14 bits per heavy atom. The number of benzene rings is 1. The van der Waals surface area contributed by atoms with Crippen molar-refractivity contribution in [3.63, 3.8) is 0 Å². The highest BCUT2D eigenvalue weighted by atomic mass is 35.5. The highest BCUT2D eigenvalue weighted by Gasteiger charge is 2.19. The summed E-state index contributed by atoms with van der Waals surface area (Å²) in [7, 11) is 0. The van der Waals surface area contributed by atoms with E-state index in [2.05, 4.69) is 10.1 Å². The maximum atomic E-state index is 6.08. The van der Waals surface area contributed by atoms with Crippen LogP contribution in [-0.4, -0.2) is 10.1 Å². The Balaban J connectivity index is 2.22. The number of hydrogen-bond donors (Lipinski definition) is 1. The number of nitrogen functional groups attached to an aromatic ring is 1. The van der Waals surface area contributed by atoms with Crippen LogP contribution in [0.4, 0.5) is 5.82 Å². The summed E-state index contributed by atoms with van der Waals surface area (Å²) in [6.07, 6.45) is 1.72. The molecule has 2 heterocycles. The van der Waals surface area contributed by atoms with E-state index >= 15 is 0 Å². The summed E-state index contributed by atoms with van der Waals surface area (Å²) in [6, 6.07) is 9.02. The second-order valence-corrected chi connectivity index (χ2v) is 5.35. The third-order valence-corrected chi connectivity index (χ3v) is 3.92. The van der Waals surface area contributed by atoms with E-state index in [1.165, 1.54) is 0 Å². The zero-order valence-electron chi connectivity index (χ0n) is 11.1. The lowest BCUT2D eigenvalue weighted by atomic mass is 10.0. The summed E-state index contributed by atoms with van der Waals surface area (Å²) < 4.78 is 5.40. The molecule has 4 nitrogen and oxygen atoms in total. The Bertz CT molecular complexity index is 814. The van der Waals surface area contributed by atoms with Crippen LogP contribution in [0.15, 0.2) is 41.1 Å². The van der Waals surface area contributed by atoms with E-state index in [1.54, 1.807) is 18.3 Å². The summed E-state index contributed by atoms with van der Waals surface area (Å²) >= 11 is 12.0. The van der Waals surface area contributed by atoms with Gasteiger partial charge in [-0.2, -0.15) is 0 Å². The Labute approximate surface area is 131 Å². The molecule has 1 aromatic carbocycles. The van der Waals surface area contributed by atoms with Gasteiger partial charge >= 0.3 is 0 Å². The van der Waals surface area contributed by atoms with Crippen molar-refractivity contribution in [1.29, 1.82) is 0 Å². The van der Waals surface area contributed by atoms with Gasteiger partial charge in [0.1, 0.15) is 0 Å². The Hall–Kier alpha value is -2.04. The number of aryl methyl sites for hydroxylation is 1. The van der Waals surface area contributed by atoms with Gasteiger partial charge in [-0.15, -0.1) is 0 Å². The average molecular weight is 320 g/mol. The monoisotopic (exact) mass is 319 g/mol. The number of hydrogen-bond acceptors (Lipinski definition) is 4. The second kappa shape index (κ2) is 5.39. The zero-order valence-corrected chi connectivity index (χ0v) is 12.6. The van der Waals surface area contributed by atoms with Crippen LogP contribution >= 0.6 is 23.2 Å². The minimum atomic E-state index is 0.298. The summed E-state index contributed by atoms with van der Waals surface area (Å²) in [4.78, 5) is 4.26. The van der Waals surface area contributed by atoms with Crippen molar-refractivity contribution in [2.75, 3.05) is 5.73 Å². The van der Waals surface area contributed by atoms with Crippen LogP contribution in [0, 0.1) is 6.92 Å². The van der Waals surface area contributed by atoms with Gasteiger partial charge in [0.25, 0.3) is 0 Å². The van der Waals surface area contributed by atoms with Crippen molar-refractivity contribution >= 4 is 29.0 Å². The molecule has 0 radical (unpaired) electrons. The Kier molecular flexibility index (Phi) is 3.57. The van der Waals surface area contributed by atoms with Crippen LogP contribution in [-0.2, 0) is 0 Å². The fourth-order valence-electron chi connectivity index (χ4n) is 2.14. The fourth-order valence-corrected chi connectivity index (χ4v) is 2.44. The first-order valence-electron chi connectivity index (χ1n) is 6.20. The Morgan fingerprint density at radius 3 is 2.67 bits per heavy atom. The SMILES string of the molecule is Cc1ncccc1-c1onc(N)c1-c1ccc(Cl)c(Cl)c1. The molecule has 0 amide bonds. The molecular weight excluding hydrogens is 309 g/mol. The smallest absolute Gasteiger partial charge is 0.178 e. The lowest BCUT2D eigenvalue weighted by molar-refractivity contribution is 0.435. The first-order valence-corrected chi connectivity index (χ1v) is 6.96. The van der Waals surface area contributed by atoms with Crippen LogP contribution in [0.3, 0.4) is 0 Å². The molecule has 0 bridgehead atoms. The first-order chi connectivity index (χ1) is 10.1. The molecule has 0 saturated heterocycles. The maximum Gasteiger partial charge on any atom is 0.178 e. The third kappa shape index (κ3) is 2.48. The molecule has 0 aliphatic rings. The number of halogens is 2. The molecule has 3 rings (SSSR count). The Morgan fingerprint density at radius 2 is 1.95 bits per heavy atom. The van der Waals surface area contributed by atoms with Crippen molar-refractivity contribution < 1.29 is 4.52 Å². The van der Waals surface area contributed by atoms with Gasteiger partial charge in [0, 0.05) is 17.5 Å². The fraction of sp³-hybridized carbons (Fsp3) is 0.0667. The highest BCUT2D eigenvalue weighted by molar-refractivity contribution is 6.42. The van der Waals surface area contributed by atoms with Gasteiger partial charge in [0.15, 0.2) is 11.6 Å². The van der Waals surface area contributed by atoms with Crippen molar-refractivity contribution in [2.24, 2.45) is 0 Å². The van der Waals surface area contributed by atoms with Gasteiger partial charge in [-0.05, 0) is 36.8 Å². The summed E-state index contributed by atoms with van der Waals surface area (Å²) in [5, 5.41) is 4.79. The number of anilines is 1. The van der Waals surface area contributed by atoms with Crippen LogP contribution in [0.5, 0.6) is 0 Å². The van der Waals surface area contributed by atoms with E-state index in [9.17, 15) is 0 Å². The highest BCUT2D eigenvalue weighted by Crippen LogP contribution is 2.39. The lowest BCUT2D eigenvalue weighted by Crippen LogP contribution is -1.91. The summed E-state index contributed by atoms with van der Waals surface area (Å²) in [5.74, 6) is 0.864. The van der Waals surface area contributed by atoms with E-state index in [1.807, 2.05) is 25.1 Å². The average Bonchev–Trinajstić information content (AvgIpc) is 2.84. The minimum absolute atomic E-state index is 0.298. The van der Waals surface area contributed by atoms with Crippen molar-refractivity contribution in [1.82, 2.24) is 10.1 Å². The van der Waals surface area contributed by atoms with E-state index in [0.29, 0.717) is 27.2 Å². The quantitative estimate of drug-likeness (QED) is 0.749. The van der Waals surface area contributed by atoms with E-state index in [-0.39, 0.29) is 0 Å². The predicted molar refractivity (Wildman–Crippen MR) is 84.3 cm³/mol. The lowest BCUT2D eigenvalue weighted by Gasteiger charge is -2.06. The molecule has 0 aliphatic heterocycles. The van der Waals surface area contributed by atoms with Gasteiger partial charge in [0.2, 0.25) is 0 Å². The maximum absolute atomic E-state index is 6.08. The standard InChI is InChI=1S/C15H11Cl2N3O/c1-8-10(3-2-6-19-8)14-13(15(18)20-21-14)9-4-5-11(16)12(17)7-9/h2-7H,1H3,(H2,18,20). The first kappa shape index (κ1) is 13.9. The number of nitrogens with zero attached hydrogens (tertiary/aromatic N) is 2.